The largest absolute Gasteiger partial charge is 0.444 e. The van der Waals surface area contributed by atoms with Gasteiger partial charge in [-0.2, -0.15) is 0 Å². The van der Waals surface area contributed by atoms with Crippen LogP contribution in [0.5, 0.6) is 0 Å². The molecule has 1 aromatic heterocycles. The number of nitrogens with zero attached hydrogens (tertiary/aromatic N) is 5. The summed E-state index contributed by atoms with van der Waals surface area (Å²) >= 11 is 0. The predicted molar refractivity (Wildman–Crippen MR) is 101 cm³/mol. The highest BCUT2D eigenvalue weighted by molar-refractivity contribution is 5.68. The first-order valence-electron chi connectivity index (χ1n) is 9.67. The van der Waals surface area contributed by atoms with Gasteiger partial charge in [0.05, 0.1) is 0 Å². The molecule has 0 aromatic carbocycles. The lowest BCUT2D eigenvalue weighted by molar-refractivity contribution is 0.0240. The van der Waals surface area contributed by atoms with E-state index >= 15 is 0 Å². The maximum atomic E-state index is 12.1. The Morgan fingerprint density at radius 2 is 1.62 bits per heavy atom. The summed E-state index contributed by atoms with van der Waals surface area (Å²) < 4.78 is 5.44. The number of hydrogen-bond donors (Lipinski definition) is 0. The molecule has 2 aliphatic rings. The van der Waals surface area contributed by atoms with Crippen molar-refractivity contribution in [2.24, 2.45) is 0 Å². The fraction of sp³-hybridized carbons (Fsp3) is 0.737. The van der Waals surface area contributed by atoms with Gasteiger partial charge < -0.3 is 14.5 Å². The quantitative estimate of drug-likeness (QED) is 0.824. The van der Waals surface area contributed by atoms with Crippen LogP contribution < -0.4 is 4.90 Å². The van der Waals surface area contributed by atoms with E-state index in [9.17, 15) is 4.79 Å². The van der Waals surface area contributed by atoms with E-state index in [-0.39, 0.29) is 6.09 Å². The van der Waals surface area contributed by atoms with Gasteiger partial charge in [-0.15, -0.1) is 0 Å². The fourth-order valence-electron chi connectivity index (χ4n) is 3.38. The second kappa shape index (κ2) is 8.20. The molecular weight excluding hydrogens is 330 g/mol. The van der Waals surface area contributed by atoms with Crippen molar-refractivity contribution >= 4 is 12.0 Å². The van der Waals surface area contributed by atoms with Crippen molar-refractivity contribution in [2.45, 2.75) is 52.2 Å². The molecule has 0 unspecified atom stereocenters. The average Bonchev–Trinajstić information content (AvgIpc) is 2.62. The van der Waals surface area contributed by atoms with E-state index in [0.29, 0.717) is 13.1 Å². The van der Waals surface area contributed by atoms with Crippen molar-refractivity contribution in [2.75, 3.05) is 44.2 Å². The van der Waals surface area contributed by atoms with E-state index in [0.717, 1.165) is 25.6 Å². The SMILES string of the molecule is CC(C)(C)OC(=O)N1CCN(c2ncc(CN3CCCCC3)cn2)CC1. The Morgan fingerprint density at radius 1 is 1.00 bits per heavy atom. The van der Waals surface area contributed by atoms with Crippen molar-refractivity contribution in [3.63, 3.8) is 0 Å². The standard InChI is InChI=1S/C19H31N5O2/c1-19(2,3)26-18(25)24-11-9-23(10-12-24)17-20-13-16(14-21-17)15-22-7-5-4-6-8-22/h13-14H,4-12,15H2,1-3H3. The summed E-state index contributed by atoms with van der Waals surface area (Å²) in [5.41, 5.74) is 0.713. The van der Waals surface area contributed by atoms with Gasteiger partial charge in [0.1, 0.15) is 5.60 Å². The van der Waals surface area contributed by atoms with Crippen molar-refractivity contribution in [3.05, 3.63) is 18.0 Å². The van der Waals surface area contributed by atoms with Gasteiger partial charge in [0, 0.05) is 50.7 Å². The number of piperazine rings is 1. The molecule has 0 saturated carbocycles. The van der Waals surface area contributed by atoms with Crippen LogP contribution in [0.4, 0.5) is 10.7 Å². The molecule has 3 rings (SSSR count). The number of aromatic nitrogens is 2. The Hall–Kier alpha value is -1.89. The first-order valence-corrected chi connectivity index (χ1v) is 9.67. The molecule has 1 amide bonds. The molecule has 2 fully saturated rings. The van der Waals surface area contributed by atoms with Gasteiger partial charge in [-0.1, -0.05) is 6.42 Å². The first-order chi connectivity index (χ1) is 12.4. The van der Waals surface area contributed by atoms with Gasteiger partial charge in [-0.3, -0.25) is 4.90 Å². The molecule has 7 heteroatoms. The monoisotopic (exact) mass is 361 g/mol. The highest BCUT2D eigenvalue weighted by atomic mass is 16.6. The number of carbonyl (C=O) groups is 1. The van der Waals surface area contributed by atoms with Crippen LogP contribution in [0, 0.1) is 0 Å². The van der Waals surface area contributed by atoms with Crippen molar-refractivity contribution in [1.29, 1.82) is 0 Å². The van der Waals surface area contributed by atoms with Crippen LogP contribution in [-0.4, -0.2) is 70.7 Å². The lowest BCUT2D eigenvalue weighted by Crippen LogP contribution is -2.50. The van der Waals surface area contributed by atoms with Crippen LogP contribution >= 0.6 is 0 Å². The molecule has 0 aliphatic carbocycles. The predicted octanol–water partition coefficient (Wildman–Crippen LogP) is 2.52. The minimum absolute atomic E-state index is 0.241. The smallest absolute Gasteiger partial charge is 0.410 e. The Balaban J connectivity index is 1.49. The van der Waals surface area contributed by atoms with E-state index in [1.165, 1.54) is 37.9 Å². The number of carbonyl (C=O) groups excluding carboxylic acids is 1. The van der Waals surface area contributed by atoms with Crippen LogP contribution in [0.3, 0.4) is 0 Å². The van der Waals surface area contributed by atoms with Crippen LogP contribution in [0.1, 0.15) is 45.6 Å². The summed E-state index contributed by atoms with van der Waals surface area (Å²) in [6.45, 7) is 11.7. The summed E-state index contributed by atoms with van der Waals surface area (Å²) in [6.07, 6.45) is 7.58. The van der Waals surface area contributed by atoms with Gasteiger partial charge >= 0.3 is 6.09 Å². The third-order valence-electron chi connectivity index (χ3n) is 4.76. The van der Waals surface area contributed by atoms with Gasteiger partial charge in [-0.05, 0) is 46.7 Å². The van der Waals surface area contributed by atoms with Crippen molar-refractivity contribution in [1.82, 2.24) is 19.8 Å². The van der Waals surface area contributed by atoms with Crippen LogP contribution in [0.25, 0.3) is 0 Å². The van der Waals surface area contributed by atoms with E-state index in [1.54, 1.807) is 4.90 Å². The Morgan fingerprint density at radius 3 is 2.19 bits per heavy atom. The Labute approximate surface area is 156 Å². The number of rotatable bonds is 3. The molecule has 144 valence electrons. The molecule has 3 heterocycles. The third-order valence-corrected chi connectivity index (χ3v) is 4.76. The van der Waals surface area contributed by atoms with Crippen molar-refractivity contribution in [3.8, 4) is 0 Å². The van der Waals surface area contributed by atoms with Crippen LogP contribution in [-0.2, 0) is 11.3 Å². The lowest BCUT2D eigenvalue weighted by atomic mass is 10.1. The minimum atomic E-state index is -0.457. The average molecular weight is 361 g/mol. The summed E-state index contributed by atoms with van der Waals surface area (Å²) in [4.78, 5) is 27.6. The molecular formula is C19H31N5O2. The topological polar surface area (TPSA) is 61.8 Å². The second-order valence-corrected chi connectivity index (χ2v) is 8.18. The van der Waals surface area contributed by atoms with Gasteiger partial charge in [0.15, 0.2) is 0 Å². The third kappa shape index (κ3) is 5.30. The molecule has 26 heavy (non-hydrogen) atoms. The number of piperidine rings is 1. The number of anilines is 1. The highest BCUT2D eigenvalue weighted by Gasteiger charge is 2.26. The maximum absolute atomic E-state index is 12.1. The maximum Gasteiger partial charge on any atom is 0.410 e. The van der Waals surface area contributed by atoms with Gasteiger partial charge in [-0.25, -0.2) is 14.8 Å². The number of ether oxygens (including phenoxy) is 1. The molecule has 0 spiro atoms. The molecule has 0 atom stereocenters. The molecule has 0 radical (unpaired) electrons. The zero-order valence-electron chi connectivity index (χ0n) is 16.3. The van der Waals surface area contributed by atoms with Gasteiger partial charge in [0.2, 0.25) is 5.95 Å². The van der Waals surface area contributed by atoms with Crippen LogP contribution in [0.2, 0.25) is 0 Å². The zero-order valence-corrected chi connectivity index (χ0v) is 16.3. The molecule has 1 aromatic rings. The summed E-state index contributed by atoms with van der Waals surface area (Å²) in [7, 11) is 0. The Kier molecular flexibility index (Phi) is 5.96. The zero-order chi connectivity index (χ0) is 18.6. The highest BCUT2D eigenvalue weighted by Crippen LogP contribution is 2.16. The lowest BCUT2D eigenvalue weighted by Gasteiger charge is -2.35. The molecule has 2 saturated heterocycles. The normalized spacial score (nSPS) is 19.5. The number of likely N-dealkylation sites (tertiary alicyclic amines) is 1. The minimum Gasteiger partial charge on any atom is -0.444 e. The molecule has 0 bridgehead atoms. The molecule has 2 aliphatic heterocycles. The summed E-state index contributed by atoms with van der Waals surface area (Å²) in [6, 6.07) is 0. The molecule has 7 nitrogen and oxygen atoms in total. The van der Waals surface area contributed by atoms with E-state index < -0.39 is 5.60 Å². The van der Waals surface area contributed by atoms with Crippen molar-refractivity contribution < 1.29 is 9.53 Å². The van der Waals surface area contributed by atoms with Gasteiger partial charge in [0.25, 0.3) is 0 Å². The van der Waals surface area contributed by atoms with E-state index in [1.807, 2.05) is 33.2 Å². The Bertz CT molecular complexity index is 585. The summed E-state index contributed by atoms with van der Waals surface area (Å²) in [5, 5.41) is 0. The van der Waals surface area contributed by atoms with E-state index in [2.05, 4.69) is 19.8 Å². The number of hydrogen-bond acceptors (Lipinski definition) is 6. The molecule has 0 N–H and O–H groups in total. The second-order valence-electron chi connectivity index (χ2n) is 8.18. The van der Waals surface area contributed by atoms with Crippen LogP contribution in [0.15, 0.2) is 12.4 Å². The fourth-order valence-corrected chi connectivity index (χ4v) is 3.38. The summed E-state index contributed by atoms with van der Waals surface area (Å²) in [5.74, 6) is 0.747. The first kappa shape index (κ1) is 18.9. The van der Waals surface area contributed by atoms with E-state index in [4.69, 9.17) is 4.74 Å². The number of amides is 1.